The van der Waals surface area contributed by atoms with Crippen molar-refractivity contribution < 1.29 is 18.7 Å². The minimum atomic E-state index is -0.639. The first kappa shape index (κ1) is 18.2. The van der Waals surface area contributed by atoms with Crippen molar-refractivity contribution in [1.82, 2.24) is 9.55 Å². The summed E-state index contributed by atoms with van der Waals surface area (Å²) in [6.45, 7) is 3.28. The van der Waals surface area contributed by atoms with Gasteiger partial charge in [0.1, 0.15) is 23.0 Å². The molecule has 7 nitrogen and oxygen atoms in total. The Balaban J connectivity index is 1.70. The number of hydrogen-bond donors (Lipinski definition) is 0. The quantitative estimate of drug-likeness (QED) is 0.499. The number of aromatic nitrogens is 2. The van der Waals surface area contributed by atoms with Crippen LogP contribution in [0.5, 0.6) is 0 Å². The third-order valence-electron chi connectivity index (χ3n) is 5.07. The number of hydrogen-bond acceptors (Lipinski definition) is 6. The number of Topliss-reactive ketones (excluding diaryl/α,β-unsaturated/α-hetero) is 1. The second-order valence-electron chi connectivity index (χ2n) is 6.87. The van der Waals surface area contributed by atoms with E-state index in [-0.39, 0.29) is 41.4 Å². The van der Waals surface area contributed by atoms with Crippen molar-refractivity contribution in [3.05, 3.63) is 62.9 Å². The molecule has 0 atom stereocenters. The SMILES string of the molecule is CCOC(=O)c1c(C)oc2ncn(CC(=O)c3ccc4c(c3)CCC4)c(=O)c12. The number of carbonyl (C=O) groups is 2. The predicted molar refractivity (Wildman–Crippen MR) is 102 cm³/mol. The molecule has 28 heavy (non-hydrogen) atoms. The zero-order valence-electron chi connectivity index (χ0n) is 15.8. The highest BCUT2D eigenvalue weighted by Crippen LogP contribution is 2.24. The largest absolute Gasteiger partial charge is 0.462 e. The van der Waals surface area contributed by atoms with E-state index in [1.54, 1.807) is 19.9 Å². The van der Waals surface area contributed by atoms with Gasteiger partial charge in [-0.2, -0.15) is 0 Å². The zero-order chi connectivity index (χ0) is 19.8. The summed E-state index contributed by atoms with van der Waals surface area (Å²) in [4.78, 5) is 42.0. The van der Waals surface area contributed by atoms with Crippen LogP contribution in [0, 0.1) is 6.92 Å². The summed E-state index contributed by atoms with van der Waals surface area (Å²) < 4.78 is 11.7. The van der Waals surface area contributed by atoms with Crippen LogP contribution in [-0.2, 0) is 24.1 Å². The Bertz CT molecular complexity index is 1160. The maximum absolute atomic E-state index is 12.9. The van der Waals surface area contributed by atoms with Crippen molar-refractivity contribution in [2.45, 2.75) is 39.7 Å². The molecule has 1 aromatic carbocycles. The Hall–Kier alpha value is -3.22. The third-order valence-corrected chi connectivity index (χ3v) is 5.07. The van der Waals surface area contributed by atoms with Gasteiger partial charge in [0.05, 0.1) is 13.2 Å². The molecule has 0 fully saturated rings. The van der Waals surface area contributed by atoms with Gasteiger partial charge in [-0.3, -0.25) is 14.2 Å². The van der Waals surface area contributed by atoms with Gasteiger partial charge in [0.15, 0.2) is 5.78 Å². The summed E-state index contributed by atoms with van der Waals surface area (Å²) in [6, 6.07) is 5.70. The first-order chi connectivity index (χ1) is 13.5. The first-order valence-electron chi connectivity index (χ1n) is 9.30. The average molecular weight is 380 g/mol. The summed E-state index contributed by atoms with van der Waals surface area (Å²) in [5.74, 6) is -0.558. The van der Waals surface area contributed by atoms with Gasteiger partial charge in [-0.05, 0) is 50.3 Å². The Morgan fingerprint density at radius 1 is 1.25 bits per heavy atom. The van der Waals surface area contributed by atoms with E-state index in [4.69, 9.17) is 9.15 Å². The normalized spacial score (nSPS) is 12.9. The number of rotatable bonds is 5. The molecule has 2 heterocycles. The van der Waals surface area contributed by atoms with E-state index < -0.39 is 11.5 Å². The van der Waals surface area contributed by atoms with Crippen LogP contribution in [0.2, 0.25) is 0 Å². The van der Waals surface area contributed by atoms with Crippen molar-refractivity contribution in [3.8, 4) is 0 Å². The van der Waals surface area contributed by atoms with Crippen LogP contribution in [0.4, 0.5) is 0 Å². The van der Waals surface area contributed by atoms with Gasteiger partial charge >= 0.3 is 5.97 Å². The molecule has 2 aromatic heterocycles. The van der Waals surface area contributed by atoms with Crippen LogP contribution in [-0.4, -0.2) is 27.9 Å². The van der Waals surface area contributed by atoms with Crippen LogP contribution < -0.4 is 5.56 Å². The van der Waals surface area contributed by atoms with E-state index in [1.165, 1.54) is 22.0 Å². The zero-order valence-corrected chi connectivity index (χ0v) is 15.8. The maximum Gasteiger partial charge on any atom is 0.342 e. The standard InChI is InChI=1S/C21H20N2O5/c1-3-27-21(26)17-12(2)28-19-18(17)20(25)23(11-22-19)10-16(24)15-8-7-13-5-4-6-14(13)9-15/h7-9,11H,3-6,10H2,1-2H3. The lowest BCUT2D eigenvalue weighted by Gasteiger charge is -2.07. The Morgan fingerprint density at radius 2 is 2.04 bits per heavy atom. The summed E-state index contributed by atoms with van der Waals surface area (Å²) >= 11 is 0. The van der Waals surface area contributed by atoms with E-state index in [0.29, 0.717) is 5.56 Å². The number of ketones is 1. The molecule has 0 saturated carbocycles. The van der Waals surface area contributed by atoms with Gasteiger partial charge in [-0.1, -0.05) is 12.1 Å². The lowest BCUT2D eigenvalue weighted by molar-refractivity contribution is 0.0526. The fourth-order valence-corrected chi connectivity index (χ4v) is 3.69. The molecule has 1 aliphatic carbocycles. The number of ether oxygens (including phenoxy) is 1. The smallest absolute Gasteiger partial charge is 0.342 e. The third kappa shape index (κ3) is 3.02. The highest BCUT2D eigenvalue weighted by molar-refractivity contribution is 6.03. The molecule has 1 aliphatic rings. The highest BCUT2D eigenvalue weighted by Gasteiger charge is 2.24. The number of nitrogens with zero attached hydrogens (tertiary/aromatic N) is 2. The first-order valence-corrected chi connectivity index (χ1v) is 9.30. The molecule has 0 radical (unpaired) electrons. The fourth-order valence-electron chi connectivity index (χ4n) is 3.69. The van der Waals surface area contributed by atoms with Crippen molar-refractivity contribution in [2.24, 2.45) is 0 Å². The Kier molecular flexibility index (Phi) is 4.58. The van der Waals surface area contributed by atoms with Crippen LogP contribution in [0.1, 0.15) is 50.9 Å². The number of carbonyl (C=O) groups excluding carboxylic acids is 2. The van der Waals surface area contributed by atoms with Crippen molar-refractivity contribution >= 4 is 22.9 Å². The number of esters is 1. The van der Waals surface area contributed by atoms with E-state index >= 15 is 0 Å². The molecule has 3 aromatic rings. The second-order valence-corrected chi connectivity index (χ2v) is 6.87. The van der Waals surface area contributed by atoms with E-state index in [0.717, 1.165) is 19.3 Å². The van der Waals surface area contributed by atoms with Crippen LogP contribution >= 0.6 is 0 Å². The monoisotopic (exact) mass is 380 g/mol. The van der Waals surface area contributed by atoms with Crippen LogP contribution in [0.3, 0.4) is 0 Å². The van der Waals surface area contributed by atoms with Gasteiger partial charge in [-0.15, -0.1) is 0 Å². The summed E-state index contributed by atoms with van der Waals surface area (Å²) in [7, 11) is 0. The van der Waals surface area contributed by atoms with Gasteiger partial charge in [0.2, 0.25) is 5.71 Å². The average Bonchev–Trinajstić information content (AvgIpc) is 3.27. The molecule has 0 bridgehead atoms. The Labute approximate surface area is 160 Å². The molecule has 4 rings (SSSR count). The molecule has 0 spiro atoms. The van der Waals surface area contributed by atoms with E-state index in [1.807, 2.05) is 12.1 Å². The molecule has 0 amide bonds. The minimum Gasteiger partial charge on any atom is -0.462 e. The summed E-state index contributed by atoms with van der Waals surface area (Å²) in [6.07, 6.45) is 4.39. The van der Waals surface area contributed by atoms with Crippen molar-refractivity contribution in [3.63, 3.8) is 0 Å². The summed E-state index contributed by atoms with van der Waals surface area (Å²) in [5.41, 5.74) is 2.67. The molecule has 144 valence electrons. The second kappa shape index (κ2) is 7.07. The summed E-state index contributed by atoms with van der Waals surface area (Å²) in [5, 5.41) is 0.0419. The van der Waals surface area contributed by atoms with Gasteiger partial charge < -0.3 is 9.15 Å². The van der Waals surface area contributed by atoms with E-state index in [2.05, 4.69) is 4.98 Å². The predicted octanol–water partition coefficient (Wildman–Crippen LogP) is 2.85. The van der Waals surface area contributed by atoms with Crippen LogP contribution in [0.25, 0.3) is 11.1 Å². The number of fused-ring (bicyclic) bond motifs is 2. The molecule has 0 saturated heterocycles. The van der Waals surface area contributed by atoms with Gasteiger partial charge in [-0.25, -0.2) is 9.78 Å². The van der Waals surface area contributed by atoms with Crippen molar-refractivity contribution in [1.29, 1.82) is 0 Å². The molecule has 0 aliphatic heterocycles. The number of furan rings is 1. The van der Waals surface area contributed by atoms with Crippen molar-refractivity contribution in [2.75, 3.05) is 6.61 Å². The number of aryl methyl sites for hydroxylation is 3. The lowest BCUT2D eigenvalue weighted by Crippen LogP contribution is -2.25. The van der Waals surface area contributed by atoms with Gasteiger partial charge in [0.25, 0.3) is 5.56 Å². The Morgan fingerprint density at radius 3 is 2.82 bits per heavy atom. The molecular weight excluding hydrogens is 360 g/mol. The minimum absolute atomic E-state index is 0.0419. The fraction of sp³-hybridized carbons (Fsp3) is 0.333. The molecule has 0 unspecified atom stereocenters. The number of benzene rings is 1. The van der Waals surface area contributed by atoms with Crippen LogP contribution in [0.15, 0.2) is 33.7 Å². The molecule has 7 heteroatoms. The maximum atomic E-state index is 12.9. The molecular formula is C21H20N2O5. The lowest BCUT2D eigenvalue weighted by atomic mass is 10.0. The van der Waals surface area contributed by atoms with Gasteiger partial charge in [0, 0.05) is 5.56 Å². The topological polar surface area (TPSA) is 91.4 Å². The molecule has 0 N–H and O–H groups in total. The highest BCUT2D eigenvalue weighted by atomic mass is 16.5. The van der Waals surface area contributed by atoms with E-state index in [9.17, 15) is 14.4 Å².